The molecule has 0 bridgehead atoms. The molecule has 1 rings (SSSR count). The number of aromatic nitrogens is 2. The minimum Gasteiger partial charge on any atom is -0.468 e. The molecule has 1 heterocycles. The molecular weight excluding hydrogens is 274 g/mol. The fourth-order valence-corrected chi connectivity index (χ4v) is 2.03. The number of hydrogen-bond acceptors (Lipinski definition) is 5. The van der Waals surface area contributed by atoms with Crippen LogP contribution in [0.4, 0.5) is 0 Å². The van der Waals surface area contributed by atoms with Gasteiger partial charge in [-0.2, -0.15) is 5.10 Å². The molecule has 0 saturated carbocycles. The van der Waals surface area contributed by atoms with Gasteiger partial charge in [0.1, 0.15) is 6.54 Å². The average molecular weight is 295 g/mol. The van der Waals surface area contributed by atoms with Crippen molar-refractivity contribution >= 4 is 17.7 Å². The summed E-state index contributed by atoms with van der Waals surface area (Å²) in [4.78, 5) is 37.4. The smallest absolute Gasteiger partial charge is 0.325 e. The number of esters is 1. The molecule has 0 aliphatic heterocycles. The van der Waals surface area contributed by atoms with Crippen LogP contribution in [0.25, 0.3) is 0 Å². The van der Waals surface area contributed by atoms with Crippen molar-refractivity contribution in [3.63, 3.8) is 0 Å². The maximum atomic E-state index is 12.4. The van der Waals surface area contributed by atoms with Gasteiger partial charge in [0.25, 0.3) is 11.7 Å². The van der Waals surface area contributed by atoms with E-state index in [2.05, 4.69) is 9.84 Å². The highest BCUT2D eigenvalue weighted by atomic mass is 16.5. The lowest BCUT2D eigenvalue weighted by atomic mass is 10.1. The third-order valence-electron chi connectivity index (χ3n) is 3.34. The van der Waals surface area contributed by atoms with Crippen molar-refractivity contribution in [1.82, 2.24) is 14.7 Å². The van der Waals surface area contributed by atoms with E-state index in [4.69, 9.17) is 0 Å². The van der Waals surface area contributed by atoms with Crippen LogP contribution in [-0.2, 0) is 21.4 Å². The van der Waals surface area contributed by atoms with Crippen LogP contribution in [-0.4, -0.2) is 52.0 Å². The molecule has 0 atom stereocenters. The van der Waals surface area contributed by atoms with Crippen LogP contribution >= 0.6 is 0 Å². The minimum absolute atomic E-state index is 0.253. The molecule has 0 spiro atoms. The van der Waals surface area contributed by atoms with Crippen LogP contribution in [0.2, 0.25) is 0 Å². The van der Waals surface area contributed by atoms with Crippen LogP contribution in [0.1, 0.15) is 35.6 Å². The molecular formula is C14H21N3O4. The van der Waals surface area contributed by atoms with Crippen LogP contribution in [0.15, 0.2) is 0 Å². The Morgan fingerprint density at radius 3 is 2.24 bits per heavy atom. The Balaban J connectivity index is 3.09. The molecule has 0 N–H and O–H groups in total. The highest BCUT2D eigenvalue weighted by Gasteiger charge is 2.30. The molecule has 0 unspecified atom stereocenters. The second-order valence-corrected chi connectivity index (χ2v) is 5.10. The molecule has 1 aromatic heterocycles. The summed E-state index contributed by atoms with van der Waals surface area (Å²) in [6.45, 7) is 6.61. The molecule has 0 fully saturated rings. The zero-order valence-corrected chi connectivity index (χ0v) is 13.3. The normalized spacial score (nSPS) is 10.6. The summed E-state index contributed by atoms with van der Waals surface area (Å²) in [5.74, 6) is -1.95. The van der Waals surface area contributed by atoms with Gasteiger partial charge in [-0.3, -0.25) is 19.1 Å². The second-order valence-electron chi connectivity index (χ2n) is 5.10. The number of ether oxygens (including phenoxy) is 1. The number of aryl methyl sites for hydroxylation is 2. The lowest BCUT2D eigenvalue weighted by Gasteiger charge is -2.24. The average Bonchev–Trinajstić information content (AvgIpc) is 2.67. The zero-order chi connectivity index (χ0) is 16.3. The third-order valence-corrected chi connectivity index (χ3v) is 3.34. The van der Waals surface area contributed by atoms with Gasteiger partial charge in [-0.1, -0.05) is 0 Å². The van der Waals surface area contributed by atoms with Crippen molar-refractivity contribution in [3.8, 4) is 0 Å². The van der Waals surface area contributed by atoms with Crippen molar-refractivity contribution in [2.24, 2.45) is 7.05 Å². The number of ketones is 1. The Kier molecular flexibility index (Phi) is 5.23. The molecule has 21 heavy (non-hydrogen) atoms. The zero-order valence-electron chi connectivity index (χ0n) is 13.3. The number of Topliss-reactive ketones (excluding diaryl/α,β-unsaturated/α-hetero) is 1. The number of nitrogens with zero attached hydrogens (tertiary/aromatic N) is 3. The van der Waals surface area contributed by atoms with E-state index in [1.807, 2.05) is 0 Å². The summed E-state index contributed by atoms with van der Waals surface area (Å²) < 4.78 is 6.11. The van der Waals surface area contributed by atoms with Crippen molar-refractivity contribution in [2.75, 3.05) is 13.7 Å². The summed E-state index contributed by atoms with van der Waals surface area (Å²) >= 11 is 0. The number of carbonyl (C=O) groups is 3. The maximum absolute atomic E-state index is 12.4. The predicted octanol–water partition coefficient (Wildman–Crippen LogP) is 0.630. The molecule has 1 amide bonds. The van der Waals surface area contributed by atoms with E-state index in [1.165, 1.54) is 12.0 Å². The Labute approximate surface area is 123 Å². The van der Waals surface area contributed by atoms with Gasteiger partial charge in [0, 0.05) is 18.8 Å². The summed E-state index contributed by atoms with van der Waals surface area (Å²) in [6.07, 6.45) is 0. The van der Waals surface area contributed by atoms with Gasteiger partial charge in [0.05, 0.1) is 18.4 Å². The van der Waals surface area contributed by atoms with E-state index in [0.717, 1.165) is 0 Å². The molecule has 0 saturated heterocycles. The highest BCUT2D eigenvalue weighted by molar-refractivity contribution is 6.43. The first-order valence-electron chi connectivity index (χ1n) is 6.63. The topological polar surface area (TPSA) is 81.5 Å². The van der Waals surface area contributed by atoms with Crippen LogP contribution in [0.5, 0.6) is 0 Å². The minimum atomic E-state index is -0.727. The summed E-state index contributed by atoms with van der Waals surface area (Å²) in [6, 6.07) is -0.294. The third kappa shape index (κ3) is 3.48. The first kappa shape index (κ1) is 16.9. The molecule has 0 aliphatic carbocycles. The first-order valence-corrected chi connectivity index (χ1v) is 6.63. The van der Waals surface area contributed by atoms with Gasteiger partial charge < -0.3 is 9.64 Å². The number of carbonyl (C=O) groups excluding carboxylic acids is 3. The number of hydrogen-bond donors (Lipinski definition) is 0. The van der Waals surface area contributed by atoms with Crippen LogP contribution < -0.4 is 0 Å². The first-order chi connectivity index (χ1) is 9.70. The van der Waals surface area contributed by atoms with E-state index >= 15 is 0 Å². The molecule has 0 aromatic carbocycles. The van der Waals surface area contributed by atoms with Gasteiger partial charge >= 0.3 is 5.97 Å². The molecule has 7 nitrogen and oxygen atoms in total. The quantitative estimate of drug-likeness (QED) is 0.452. The van der Waals surface area contributed by atoms with E-state index < -0.39 is 17.7 Å². The Bertz CT molecular complexity index is 575. The van der Waals surface area contributed by atoms with Crippen molar-refractivity contribution < 1.29 is 19.1 Å². The monoisotopic (exact) mass is 295 g/mol. The highest BCUT2D eigenvalue weighted by Crippen LogP contribution is 2.15. The van der Waals surface area contributed by atoms with Gasteiger partial charge in [-0.25, -0.2) is 0 Å². The van der Waals surface area contributed by atoms with Crippen molar-refractivity contribution in [1.29, 1.82) is 0 Å². The standard InChI is InChI=1S/C14H21N3O4/c1-8(2)17(7-11(18)21-6)14(20)13(19)12-9(3)15-16(5)10(12)4/h8H,7H2,1-6H3. The molecule has 0 radical (unpaired) electrons. The van der Waals surface area contributed by atoms with Gasteiger partial charge in [0.15, 0.2) is 0 Å². The van der Waals surface area contributed by atoms with Gasteiger partial charge in [-0.05, 0) is 27.7 Å². The fraction of sp³-hybridized carbons (Fsp3) is 0.571. The lowest BCUT2D eigenvalue weighted by molar-refractivity contribution is -0.146. The predicted molar refractivity (Wildman–Crippen MR) is 75.9 cm³/mol. The molecule has 0 aliphatic rings. The Morgan fingerprint density at radius 1 is 1.29 bits per heavy atom. The largest absolute Gasteiger partial charge is 0.468 e. The van der Waals surface area contributed by atoms with Gasteiger partial charge in [-0.15, -0.1) is 0 Å². The fourth-order valence-electron chi connectivity index (χ4n) is 2.03. The molecule has 7 heteroatoms. The molecule has 116 valence electrons. The Hall–Kier alpha value is -2.18. The lowest BCUT2D eigenvalue weighted by Crippen LogP contribution is -2.44. The van der Waals surface area contributed by atoms with E-state index in [0.29, 0.717) is 11.4 Å². The van der Waals surface area contributed by atoms with E-state index in [-0.39, 0.29) is 18.2 Å². The molecule has 1 aromatic rings. The summed E-state index contributed by atoms with van der Waals surface area (Å²) in [5.41, 5.74) is 1.40. The van der Waals surface area contributed by atoms with E-state index in [1.54, 1.807) is 39.4 Å². The summed E-state index contributed by atoms with van der Waals surface area (Å²) in [7, 11) is 2.95. The summed E-state index contributed by atoms with van der Waals surface area (Å²) in [5, 5.41) is 4.13. The Morgan fingerprint density at radius 2 is 1.86 bits per heavy atom. The maximum Gasteiger partial charge on any atom is 0.325 e. The van der Waals surface area contributed by atoms with Crippen molar-refractivity contribution in [3.05, 3.63) is 17.0 Å². The van der Waals surface area contributed by atoms with Gasteiger partial charge in [0.2, 0.25) is 0 Å². The number of rotatable bonds is 5. The van der Waals surface area contributed by atoms with Crippen LogP contribution in [0.3, 0.4) is 0 Å². The van der Waals surface area contributed by atoms with Crippen LogP contribution in [0, 0.1) is 13.8 Å². The van der Waals surface area contributed by atoms with E-state index in [9.17, 15) is 14.4 Å². The number of amides is 1. The van der Waals surface area contributed by atoms with Crippen molar-refractivity contribution in [2.45, 2.75) is 33.7 Å². The number of methoxy groups -OCH3 is 1. The second kappa shape index (κ2) is 6.51. The SMILES string of the molecule is COC(=O)CN(C(=O)C(=O)c1c(C)nn(C)c1C)C(C)C.